The summed E-state index contributed by atoms with van der Waals surface area (Å²) in [4.78, 5) is 12.6. The van der Waals surface area contributed by atoms with Crippen molar-refractivity contribution in [1.29, 1.82) is 0 Å². The molecule has 0 bridgehead atoms. The van der Waals surface area contributed by atoms with E-state index in [2.05, 4.69) is 11.9 Å². The van der Waals surface area contributed by atoms with Crippen LogP contribution >= 0.6 is 0 Å². The Kier molecular flexibility index (Phi) is 3.49. The smallest absolute Gasteiger partial charge is 0.243 e. The monoisotopic (exact) mass is 172 g/mol. The fourth-order valence-electron chi connectivity index (χ4n) is 1.49. The lowest BCUT2D eigenvalue weighted by Crippen LogP contribution is -2.31. The Morgan fingerprint density at radius 3 is 3.00 bits per heavy atom. The molecule has 1 aliphatic heterocycles. The lowest BCUT2D eigenvalue weighted by atomic mass is 10.2. The Morgan fingerprint density at radius 1 is 1.75 bits per heavy atom. The molecule has 0 saturated carbocycles. The van der Waals surface area contributed by atoms with Gasteiger partial charge in [-0.25, -0.2) is 0 Å². The molecule has 0 aromatic carbocycles. The maximum Gasteiger partial charge on any atom is 0.243 e. The van der Waals surface area contributed by atoms with E-state index in [0.29, 0.717) is 12.6 Å². The third-order valence-electron chi connectivity index (χ3n) is 2.23. The number of nitrogens with zero attached hydrogens (tertiary/aromatic N) is 1. The third kappa shape index (κ3) is 2.79. The number of primary amides is 1. The summed E-state index contributed by atoms with van der Waals surface area (Å²) < 4.78 is 5.13. The lowest BCUT2D eigenvalue weighted by Gasteiger charge is -2.18. The van der Waals surface area contributed by atoms with E-state index in [1.54, 1.807) is 0 Å². The van der Waals surface area contributed by atoms with Crippen LogP contribution in [0.15, 0.2) is 0 Å². The van der Waals surface area contributed by atoms with E-state index in [1.165, 1.54) is 6.42 Å². The molecule has 1 aliphatic rings. The van der Waals surface area contributed by atoms with Crippen molar-refractivity contribution in [3.8, 4) is 0 Å². The molecule has 0 aromatic heterocycles. The van der Waals surface area contributed by atoms with Gasteiger partial charge in [-0.15, -0.1) is 0 Å². The van der Waals surface area contributed by atoms with E-state index in [0.717, 1.165) is 13.0 Å². The Morgan fingerprint density at radius 2 is 2.50 bits per heavy atom. The molecule has 4 nitrogen and oxygen atoms in total. The number of likely N-dealkylation sites (tertiary alicyclic amines) is 1. The number of rotatable bonds is 4. The zero-order valence-electron chi connectivity index (χ0n) is 7.45. The first-order valence-corrected chi connectivity index (χ1v) is 4.26. The van der Waals surface area contributed by atoms with Gasteiger partial charge in [0.2, 0.25) is 5.91 Å². The number of hydrogen-bond acceptors (Lipinski definition) is 3. The zero-order valence-corrected chi connectivity index (χ0v) is 7.45. The summed E-state index contributed by atoms with van der Waals surface area (Å²) in [6.45, 7) is 1.80. The summed E-state index contributed by atoms with van der Waals surface area (Å²) >= 11 is 0. The van der Waals surface area contributed by atoms with Crippen LogP contribution in [0, 0.1) is 0 Å². The summed E-state index contributed by atoms with van der Waals surface area (Å²) in [5.74, 6) is -0.393. The zero-order chi connectivity index (χ0) is 8.97. The number of amides is 1. The molecular formula is C8H16N2O2. The predicted molar refractivity (Wildman–Crippen MR) is 45.7 cm³/mol. The fraction of sp³-hybridized carbons (Fsp3) is 0.875. The topological polar surface area (TPSA) is 55.6 Å². The number of carbonyl (C=O) groups excluding carboxylic acids is 1. The van der Waals surface area contributed by atoms with Crippen LogP contribution in [0.2, 0.25) is 0 Å². The van der Waals surface area contributed by atoms with Crippen molar-refractivity contribution in [1.82, 2.24) is 4.90 Å². The third-order valence-corrected chi connectivity index (χ3v) is 2.23. The Bertz CT molecular complexity index is 161. The molecule has 1 fully saturated rings. The van der Waals surface area contributed by atoms with E-state index >= 15 is 0 Å². The van der Waals surface area contributed by atoms with Crippen LogP contribution in [0.1, 0.15) is 12.8 Å². The molecule has 1 unspecified atom stereocenters. The van der Waals surface area contributed by atoms with Gasteiger partial charge in [0.25, 0.3) is 0 Å². The van der Waals surface area contributed by atoms with Gasteiger partial charge < -0.3 is 15.4 Å². The van der Waals surface area contributed by atoms with Gasteiger partial charge in [-0.2, -0.15) is 0 Å². The number of hydrogen-bond donors (Lipinski definition) is 1. The molecule has 1 amide bonds. The molecule has 1 heterocycles. The van der Waals surface area contributed by atoms with Gasteiger partial charge in [0.1, 0.15) is 6.61 Å². The van der Waals surface area contributed by atoms with Gasteiger partial charge in [0, 0.05) is 6.04 Å². The molecule has 2 N–H and O–H groups in total. The second kappa shape index (κ2) is 4.42. The standard InChI is InChI=1S/C8H16N2O2/c1-10-4-2-3-7(10)5-12-6-8(9)11/h7H,2-6H2,1H3,(H2,9,11). The quantitative estimate of drug-likeness (QED) is 0.626. The highest BCUT2D eigenvalue weighted by Gasteiger charge is 2.20. The first kappa shape index (κ1) is 9.48. The normalized spacial score (nSPS) is 24.6. The Labute approximate surface area is 72.7 Å². The second-order valence-electron chi connectivity index (χ2n) is 3.26. The van der Waals surface area contributed by atoms with Gasteiger partial charge >= 0.3 is 0 Å². The number of carbonyl (C=O) groups is 1. The maximum absolute atomic E-state index is 10.3. The predicted octanol–water partition coefficient (Wildman–Crippen LogP) is -0.417. The largest absolute Gasteiger partial charge is 0.370 e. The summed E-state index contributed by atoms with van der Waals surface area (Å²) in [6.07, 6.45) is 2.39. The molecule has 0 radical (unpaired) electrons. The molecule has 1 atom stereocenters. The molecule has 70 valence electrons. The van der Waals surface area contributed by atoms with Crippen molar-refractivity contribution in [2.24, 2.45) is 5.73 Å². The van der Waals surface area contributed by atoms with Gasteiger partial charge in [0.05, 0.1) is 6.61 Å². The van der Waals surface area contributed by atoms with Crippen molar-refractivity contribution >= 4 is 5.91 Å². The molecular weight excluding hydrogens is 156 g/mol. The summed E-state index contributed by atoms with van der Waals surface area (Å²) in [5.41, 5.74) is 4.93. The molecule has 12 heavy (non-hydrogen) atoms. The highest BCUT2D eigenvalue weighted by molar-refractivity contribution is 5.74. The number of likely N-dealkylation sites (N-methyl/N-ethyl adjacent to an activating group) is 1. The number of nitrogens with two attached hydrogens (primary N) is 1. The van der Waals surface area contributed by atoms with Crippen LogP contribution in [-0.2, 0) is 9.53 Å². The second-order valence-corrected chi connectivity index (χ2v) is 3.26. The van der Waals surface area contributed by atoms with Crippen LogP contribution in [0.3, 0.4) is 0 Å². The first-order valence-electron chi connectivity index (χ1n) is 4.26. The minimum absolute atomic E-state index is 0.0460. The first-order chi connectivity index (χ1) is 5.70. The van der Waals surface area contributed by atoms with Gasteiger partial charge in [-0.3, -0.25) is 4.79 Å². The molecule has 1 rings (SSSR count). The van der Waals surface area contributed by atoms with E-state index in [-0.39, 0.29) is 6.61 Å². The van der Waals surface area contributed by atoms with Crippen LogP contribution < -0.4 is 5.73 Å². The van der Waals surface area contributed by atoms with Crippen LogP contribution in [0.25, 0.3) is 0 Å². The van der Waals surface area contributed by atoms with Gasteiger partial charge in [0.15, 0.2) is 0 Å². The van der Waals surface area contributed by atoms with E-state index in [9.17, 15) is 4.79 Å². The van der Waals surface area contributed by atoms with Crippen LogP contribution in [0.5, 0.6) is 0 Å². The van der Waals surface area contributed by atoms with Gasteiger partial charge in [-0.05, 0) is 26.4 Å². The molecule has 4 heteroatoms. The van der Waals surface area contributed by atoms with Crippen molar-refractivity contribution in [3.63, 3.8) is 0 Å². The minimum atomic E-state index is -0.393. The number of ether oxygens (including phenoxy) is 1. The van der Waals surface area contributed by atoms with Crippen molar-refractivity contribution in [2.45, 2.75) is 18.9 Å². The van der Waals surface area contributed by atoms with Crippen molar-refractivity contribution < 1.29 is 9.53 Å². The Balaban J connectivity index is 2.10. The molecule has 0 aliphatic carbocycles. The van der Waals surface area contributed by atoms with Gasteiger partial charge in [-0.1, -0.05) is 0 Å². The average Bonchev–Trinajstić information content (AvgIpc) is 2.36. The average molecular weight is 172 g/mol. The maximum atomic E-state index is 10.3. The summed E-state index contributed by atoms with van der Waals surface area (Å²) in [6, 6.07) is 0.476. The fourth-order valence-corrected chi connectivity index (χ4v) is 1.49. The van der Waals surface area contributed by atoms with Crippen LogP contribution in [-0.4, -0.2) is 43.7 Å². The Hall–Kier alpha value is -0.610. The lowest BCUT2D eigenvalue weighted by molar-refractivity contribution is -0.122. The molecule has 0 spiro atoms. The summed E-state index contributed by atoms with van der Waals surface area (Å²) in [7, 11) is 2.07. The van der Waals surface area contributed by atoms with Crippen molar-refractivity contribution in [2.75, 3.05) is 26.8 Å². The van der Waals surface area contributed by atoms with E-state index in [4.69, 9.17) is 10.5 Å². The molecule has 0 aromatic rings. The summed E-state index contributed by atoms with van der Waals surface area (Å²) in [5, 5.41) is 0. The van der Waals surface area contributed by atoms with Crippen LogP contribution in [0.4, 0.5) is 0 Å². The minimum Gasteiger partial charge on any atom is -0.370 e. The highest BCUT2D eigenvalue weighted by Crippen LogP contribution is 2.14. The van der Waals surface area contributed by atoms with E-state index in [1.807, 2.05) is 0 Å². The highest BCUT2D eigenvalue weighted by atomic mass is 16.5. The van der Waals surface area contributed by atoms with E-state index < -0.39 is 5.91 Å². The van der Waals surface area contributed by atoms with Crippen molar-refractivity contribution in [3.05, 3.63) is 0 Å². The molecule has 1 saturated heterocycles. The SMILES string of the molecule is CN1CCCC1COCC(N)=O.